The molecule has 3 N–H and O–H groups in total. The second-order valence-electron chi connectivity index (χ2n) is 6.46. The van der Waals surface area contributed by atoms with Crippen molar-refractivity contribution < 1.29 is 4.79 Å². The van der Waals surface area contributed by atoms with Gasteiger partial charge in [0.25, 0.3) is 0 Å². The van der Waals surface area contributed by atoms with Gasteiger partial charge in [0.2, 0.25) is 5.91 Å². The standard InChI is InChI=1S/C15H30N4O/c1-3-17-15(2,14(16)20)7-11-18-10-6-13(12-18)19-8-4-5-9-19/h13,17H,3-12H2,1-2H3,(H2,16,20). The number of amides is 1. The van der Waals surface area contributed by atoms with Crippen molar-refractivity contribution in [1.82, 2.24) is 15.1 Å². The van der Waals surface area contributed by atoms with Crippen LogP contribution < -0.4 is 11.1 Å². The Morgan fingerprint density at radius 3 is 2.65 bits per heavy atom. The van der Waals surface area contributed by atoms with Crippen LogP contribution in [0.5, 0.6) is 0 Å². The molecule has 0 aromatic rings. The minimum absolute atomic E-state index is 0.241. The largest absolute Gasteiger partial charge is 0.368 e. The van der Waals surface area contributed by atoms with E-state index in [2.05, 4.69) is 15.1 Å². The SMILES string of the molecule is CCNC(C)(CCN1CCC(N2CCCC2)C1)C(N)=O. The van der Waals surface area contributed by atoms with E-state index >= 15 is 0 Å². The molecule has 0 bridgehead atoms. The van der Waals surface area contributed by atoms with Gasteiger partial charge in [0.1, 0.15) is 0 Å². The third kappa shape index (κ3) is 3.71. The fourth-order valence-corrected chi connectivity index (χ4v) is 3.49. The van der Waals surface area contributed by atoms with Gasteiger partial charge in [0, 0.05) is 19.1 Å². The average Bonchev–Trinajstić information content (AvgIpc) is 3.07. The molecule has 20 heavy (non-hydrogen) atoms. The highest BCUT2D eigenvalue weighted by atomic mass is 16.1. The zero-order valence-electron chi connectivity index (χ0n) is 13.0. The number of carbonyl (C=O) groups is 1. The van der Waals surface area contributed by atoms with Gasteiger partial charge in [-0.1, -0.05) is 6.92 Å². The van der Waals surface area contributed by atoms with Gasteiger partial charge in [-0.25, -0.2) is 0 Å². The van der Waals surface area contributed by atoms with Crippen LogP contribution in [0.2, 0.25) is 0 Å². The Hall–Kier alpha value is -0.650. The lowest BCUT2D eigenvalue weighted by molar-refractivity contribution is -0.124. The fraction of sp³-hybridized carbons (Fsp3) is 0.933. The van der Waals surface area contributed by atoms with Crippen LogP contribution in [0.25, 0.3) is 0 Å². The molecule has 2 atom stereocenters. The first-order valence-electron chi connectivity index (χ1n) is 8.06. The summed E-state index contributed by atoms with van der Waals surface area (Å²) in [6.45, 7) is 10.5. The first kappa shape index (κ1) is 15.7. The lowest BCUT2D eigenvalue weighted by Crippen LogP contribution is -2.54. The first-order chi connectivity index (χ1) is 9.55. The van der Waals surface area contributed by atoms with Crippen LogP contribution in [-0.2, 0) is 4.79 Å². The van der Waals surface area contributed by atoms with Crippen LogP contribution in [0, 0.1) is 0 Å². The number of rotatable bonds is 7. The van der Waals surface area contributed by atoms with Gasteiger partial charge in [-0.2, -0.15) is 0 Å². The molecule has 0 aromatic heterocycles. The summed E-state index contributed by atoms with van der Waals surface area (Å²) in [7, 11) is 0. The van der Waals surface area contributed by atoms with Crippen molar-refractivity contribution in [3.05, 3.63) is 0 Å². The predicted octanol–water partition coefficient (Wildman–Crippen LogP) is 0.400. The quantitative estimate of drug-likeness (QED) is 0.709. The maximum absolute atomic E-state index is 11.6. The summed E-state index contributed by atoms with van der Waals surface area (Å²) in [5.41, 5.74) is 4.97. The molecular weight excluding hydrogens is 252 g/mol. The summed E-state index contributed by atoms with van der Waals surface area (Å²) in [6.07, 6.45) is 4.78. The second-order valence-corrected chi connectivity index (χ2v) is 6.46. The maximum atomic E-state index is 11.6. The van der Waals surface area contributed by atoms with E-state index in [1.54, 1.807) is 0 Å². The Balaban J connectivity index is 1.78. The molecule has 2 heterocycles. The van der Waals surface area contributed by atoms with Gasteiger partial charge in [0.15, 0.2) is 0 Å². The number of primary amides is 1. The Morgan fingerprint density at radius 1 is 1.35 bits per heavy atom. The molecule has 0 aliphatic carbocycles. The number of likely N-dealkylation sites (tertiary alicyclic amines) is 2. The molecule has 2 unspecified atom stereocenters. The molecule has 0 spiro atoms. The van der Waals surface area contributed by atoms with E-state index in [4.69, 9.17) is 5.73 Å². The summed E-state index contributed by atoms with van der Waals surface area (Å²) in [5, 5.41) is 3.24. The zero-order chi connectivity index (χ0) is 14.6. The third-order valence-electron chi connectivity index (χ3n) is 4.94. The normalized spacial score (nSPS) is 27.8. The molecule has 2 saturated heterocycles. The van der Waals surface area contributed by atoms with Crippen LogP contribution in [-0.4, -0.2) is 66.6 Å². The van der Waals surface area contributed by atoms with Gasteiger partial charge in [-0.3, -0.25) is 9.69 Å². The monoisotopic (exact) mass is 282 g/mol. The number of hydrogen-bond acceptors (Lipinski definition) is 4. The van der Waals surface area contributed by atoms with E-state index in [1.165, 1.54) is 32.4 Å². The van der Waals surface area contributed by atoms with E-state index in [1.807, 2.05) is 13.8 Å². The molecule has 2 aliphatic heterocycles. The second kappa shape index (κ2) is 6.87. The number of nitrogens with two attached hydrogens (primary N) is 1. The van der Waals surface area contributed by atoms with E-state index in [0.29, 0.717) is 0 Å². The van der Waals surface area contributed by atoms with E-state index < -0.39 is 5.54 Å². The molecule has 116 valence electrons. The van der Waals surface area contributed by atoms with Gasteiger partial charge < -0.3 is 16.0 Å². The van der Waals surface area contributed by atoms with Crippen molar-refractivity contribution in [2.45, 2.75) is 51.1 Å². The van der Waals surface area contributed by atoms with Crippen molar-refractivity contribution in [2.75, 3.05) is 39.3 Å². The van der Waals surface area contributed by atoms with Gasteiger partial charge in [-0.15, -0.1) is 0 Å². The van der Waals surface area contributed by atoms with Crippen LogP contribution >= 0.6 is 0 Å². The van der Waals surface area contributed by atoms with E-state index in [9.17, 15) is 4.79 Å². The predicted molar refractivity (Wildman–Crippen MR) is 81.5 cm³/mol. The highest BCUT2D eigenvalue weighted by Gasteiger charge is 2.33. The lowest BCUT2D eigenvalue weighted by atomic mass is 9.96. The highest BCUT2D eigenvalue weighted by Crippen LogP contribution is 2.21. The van der Waals surface area contributed by atoms with Gasteiger partial charge >= 0.3 is 0 Å². The molecule has 2 fully saturated rings. The number of nitrogens with one attached hydrogen (secondary N) is 1. The fourth-order valence-electron chi connectivity index (χ4n) is 3.49. The third-order valence-corrected chi connectivity index (χ3v) is 4.94. The summed E-state index contributed by atoms with van der Waals surface area (Å²) < 4.78 is 0. The number of carbonyl (C=O) groups excluding carboxylic acids is 1. The number of hydrogen-bond donors (Lipinski definition) is 2. The van der Waals surface area contributed by atoms with Crippen LogP contribution in [0.1, 0.15) is 39.5 Å². The molecule has 0 aromatic carbocycles. The summed E-state index contributed by atoms with van der Waals surface area (Å²) in [6, 6.07) is 0.733. The topological polar surface area (TPSA) is 61.6 Å². The zero-order valence-corrected chi connectivity index (χ0v) is 13.0. The summed E-state index contributed by atoms with van der Waals surface area (Å²) >= 11 is 0. The van der Waals surface area contributed by atoms with E-state index in [-0.39, 0.29) is 5.91 Å². The van der Waals surface area contributed by atoms with Crippen molar-refractivity contribution in [1.29, 1.82) is 0 Å². The molecule has 0 saturated carbocycles. The summed E-state index contributed by atoms with van der Waals surface area (Å²) in [4.78, 5) is 16.7. The molecule has 5 heteroatoms. The van der Waals surface area contributed by atoms with Crippen molar-refractivity contribution in [3.8, 4) is 0 Å². The molecule has 0 radical (unpaired) electrons. The number of nitrogens with zero attached hydrogens (tertiary/aromatic N) is 2. The Bertz CT molecular complexity index is 330. The van der Waals surface area contributed by atoms with E-state index in [0.717, 1.165) is 38.6 Å². The minimum atomic E-state index is -0.569. The lowest BCUT2D eigenvalue weighted by Gasteiger charge is -2.29. The van der Waals surface area contributed by atoms with Gasteiger partial charge in [0.05, 0.1) is 5.54 Å². The Kier molecular flexibility index (Phi) is 5.41. The average molecular weight is 282 g/mol. The molecular formula is C15H30N4O. The Morgan fingerprint density at radius 2 is 2.05 bits per heavy atom. The smallest absolute Gasteiger partial charge is 0.237 e. The number of likely N-dealkylation sites (N-methyl/N-ethyl adjacent to an activating group) is 1. The minimum Gasteiger partial charge on any atom is -0.368 e. The van der Waals surface area contributed by atoms with Gasteiger partial charge in [-0.05, 0) is 58.8 Å². The Labute approximate surface area is 122 Å². The molecule has 2 aliphatic rings. The molecule has 5 nitrogen and oxygen atoms in total. The maximum Gasteiger partial charge on any atom is 0.237 e. The van der Waals surface area contributed by atoms with Crippen molar-refractivity contribution in [2.24, 2.45) is 5.73 Å². The molecule has 2 rings (SSSR count). The van der Waals surface area contributed by atoms with Crippen LogP contribution in [0.15, 0.2) is 0 Å². The first-order valence-corrected chi connectivity index (χ1v) is 8.06. The van der Waals surface area contributed by atoms with Crippen molar-refractivity contribution in [3.63, 3.8) is 0 Å². The highest BCUT2D eigenvalue weighted by molar-refractivity contribution is 5.84. The van der Waals surface area contributed by atoms with Crippen LogP contribution in [0.3, 0.4) is 0 Å². The van der Waals surface area contributed by atoms with Crippen molar-refractivity contribution >= 4 is 5.91 Å². The summed E-state index contributed by atoms with van der Waals surface area (Å²) in [5.74, 6) is -0.241. The molecule has 1 amide bonds. The van der Waals surface area contributed by atoms with Crippen LogP contribution in [0.4, 0.5) is 0 Å².